The first kappa shape index (κ1) is 23.8. The van der Waals surface area contributed by atoms with E-state index in [1.54, 1.807) is 0 Å². The highest BCUT2D eigenvalue weighted by Gasteiger charge is 2.25. The van der Waals surface area contributed by atoms with Crippen LogP contribution in [0.25, 0.3) is 22.0 Å². The van der Waals surface area contributed by atoms with Gasteiger partial charge >= 0.3 is 0 Å². The van der Waals surface area contributed by atoms with Crippen LogP contribution in [-0.4, -0.2) is 75.1 Å². The van der Waals surface area contributed by atoms with E-state index in [0.717, 1.165) is 67.6 Å². The Balaban J connectivity index is 1.31. The number of amides is 1. The third kappa shape index (κ3) is 5.51. The molecule has 1 N–H and O–H groups in total. The summed E-state index contributed by atoms with van der Waals surface area (Å²) < 4.78 is 14.5. The highest BCUT2D eigenvalue weighted by molar-refractivity contribution is 5.94. The standard InChI is InChI=1S/C26H34FN7O/c1-32-24(18-34-10-3-2-4-11-34)22(17-28-32)20-5-6-23-21(15-20)16-25(31-30-23)29-26(35)19-7-12-33(13-8-19)14-9-27/h5-6,15-17,19H,2-4,7-14,18H2,1H3,(H,29,31,35). The molecule has 0 aliphatic carbocycles. The van der Waals surface area contributed by atoms with Crippen LogP contribution in [0.4, 0.5) is 10.2 Å². The highest BCUT2D eigenvalue weighted by atomic mass is 19.1. The smallest absolute Gasteiger partial charge is 0.228 e. The Morgan fingerprint density at radius 1 is 1.06 bits per heavy atom. The Labute approximate surface area is 205 Å². The second-order valence-corrected chi connectivity index (χ2v) is 9.76. The van der Waals surface area contributed by atoms with Crippen molar-refractivity contribution in [3.63, 3.8) is 0 Å². The number of alkyl halides is 1. The summed E-state index contributed by atoms with van der Waals surface area (Å²) in [6, 6.07) is 8.03. The number of anilines is 1. The molecule has 2 aliphatic heterocycles. The molecular weight excluding hydrogens is 445 g/mol. The number of halogens is 1. The molecule has 2 aliphatic rings. The zero-order chi connectivity index (χ0) is 24.2. The predicted molar refractivity (Wildman–Crippen MR) is 135 cm³/mol. The summed E-state index contributed by atoms with van der Waals surface area (Å²) in [6.45, 7) is 4.77. The summed E-state index contributed by atoms with van der Waals surface area (Å²) in [5.41, 5.74) is 4.21. The summed E-state index contributed by atoms with van der Waals surface area (Å²) in [6.07, 6.45) is 7.24. The van der Waals surface area contributed by atoms with Crippen LogP contribution >= 0.6 is 0 Å². The van der Waals surface area contributed by atoms with E-state index >= 15 is 0 Å². The number of hydrogen-bond acceptors (Lipinski definition) is 6. The third-order valence-electron chi connectivity index (χ3n) is 7.39. The molecule has 2 fully saturated rings. The van der Waals surface area contributed by atoms with Gasteiger partial charge in [0.05, 0.1) is 17.4 Å². The lowest BCUT2D eigenvalue weighted by atomic mass is 9.96. The van der Waals surface area contributed by atoms with Crippen molar-refractivity contribution in [3.05, 3.63) is 36.2 Å². The zero-order valence-corrected chi connectivity index (χ0v) is 20.4. The monoisotopic (exact) mass is 479 g/mol. The van der Waals surface area contributed by atoms with E-state index in [0.29, 0.717) is 12.4 Å². The van der Waals surface area contributed by atoms with Gasteiger partial charge in [-0.25, -0.2) is 4.39 Å². The van der Waals surface area contributed by atoms with Gasteiger partial charge in [0.15, 0.2) is 5.82 Å². The normalized spacial score (nSPS) is 18.2. The van der Waals surface area contributed by atoms with Crippen LogP contribution in [0.3, 0.4) is 0 Å². The summed E-state index contributed by atoms with van der Waals surface area (Å²) in [7, 11) is 2.00. The van der Waals surface area contributed by atoms with E-state index in [4.69, 9.17) is 0 Å². The van der Waals surface area contributed by atoms with Crippen LogP contribution in [0.5, 0.6) is 0 Å². The van der Waals surface area contributed by atoms with Gasteiger partial charge < -0.3 is 10.2 Å². The average molecular weight is 480 g/mol. The minimum Gasteiger partial charge on any atom is -0.309 e. The number of benzene rings is 1. The minimum absolute atomic E-state index is 0.0363. The number of nitrogens with one attached hydrogen (secondary N) is 1. The van der Waals surface area contributed by atoms with E-state index in [1.165, 1.54) is 25.0 Å². The Hall–Kier alpha value is -2.91. The van der Waals surface area contributed by atoms with E-state index < -0.39 is 0 Å². The molecule has 0 spiro atoms. The van der Waals surface area contributed by atoms with Crippen LogP contribution < -0.4 is 5.32 Å². The Bertz CT molecular complexity index is 1170. The Kier molecular flexibility index (Phi) is 7.34. The van der Waals surface area contributed by atoms with Crippen molar-refractivity contribution in [2.45, 2.75) is 38.6 Å². The number of hydrogen-bond donors (Lipinski definition) is 1. The number of aromatic nitrogens is 4. The predicted octanol–water partition coefficient (Wildman–Crippen LogP) is 3.64. The summed E-state index contributed by atoms with van der Waals surface area (Å²) in [4.78, 5) is 17.4. The number of rotatable bonds is 7. The molecular formula is C26H34FN7O. The number of likely N-dealkylation sites (tertiary alicyclic amines) is 2. The van der Waals surface area contributed by atoms with E-state index in [1.807, 2.05) is 30.1 Å². The molecule has 0 bridgehead atoms. The second kappa shape index (κ2) is 10.8. The lowest BCUT2D eigenvalue weighted by Gasteiger charge is -2.30. The number of fused-ring (bicyclic) bond motifs is 1. The van der Waals surface area contributed by atoms with E-state index in [9.17, 15) is 9.18 Å². The van der Waals surface area contributed by atoms with E-state index in [-0.39, 0.29) is 18.5 Å². The van der Waals surface area contributed by atoms with Gasteiger partial charge in [-0.1, -0.05) is 12.5 Å². The molecule has 1 amide bonds. The fraction of sp³-hybridized carbons (Fsp3) is 0.538. The van der Waals surface area contributed by atoms with Crippen molar-refractivity contribution in [1.29, 1.82) is 0 Å². The van der Waals surface area contributed by atoms with Crippen LogP contribution in [0.2, 0.25) is 0 Å². The van der Waals surface area contributed by atoms with Crippen LogP contribution in [0, 0.1) is 5.92 Å². The first-order valence-corrected chi connectivity index (χ1v) is 12.7. The summed E-state index contributed by atoms with van der Waals surface area (Å²) >= 11 is 0. The van der Waals surface area contributed by atoms with Gasteiger partial charge in [-0.2, -0.15) is 5.10 Å². The molecule has 0 unspecified atom stereocenters. The van der Waals surface area contributed by atoms with Gasteiger partial charge in [0.25, 0.3) is 0 Å². The molecule has 0 saturated carbocycles. The van der Waals surface area contributed by atoms with Crippen LogP contribution in [0.1, 0.15) is 37.8 Å². The lowest BCUT2D eigenvalue weighted by Crippen LogP contribution is -2.39. The van der Waals surface area contributed by atoms with Gasteiger partial charge in [0.2, 0.25) is 5.91 Å². The topological polar surface area (TPSA) is 79.2 Å². The maximum Gasteiger partial charge on any atom is 0.228 e. The summed E-state index contributed by atoms with van der Waals surface area (Å²) in [5, 5.41) is 17.0. The molecule has 3 aromatic rings. The average Bonchev–Trinajstić information content (AvgIpc) is 3.24. The molecule has 0 radical (unpaired) electrons. The van der Waals surface area contributed by atoms with Gasteiger partial charge in [0, 0.05) is 37.0 Å². The van der Waals surface area contributed by atoms with E-state index in [2.05, 4.69) is 42.5 Å². The molecule has 8 nitrogen and oxygen atoms in total. The molecule has 35 heavy (non-hydrogen) atoms. The lowest BCUT2D eigenvalue weighted by molar-refractivity contribution is -0.121. The Morgan fingerprint density at radius 2 is 1.86 bits per heavy atom. The minimum atomic E-state index is -0.343. The van der Waals surface area contributed by atoms with Crippen LogP contribution in [0.15, 0.2) is 30.5 Å². The van der Waals surface area contributed by atoms with Crippen molar-refractivity contribution in [2.24, 2.45) is 13.0 Å². The fourth-order valence-electron chi connectivity index (χ4n) is 5.26. The van der Waals surface area contributed by atoms with Crippen molar-refractivity contribution in [3.8, 4) is 11.1 Å². The quantitative estimate of drug-likeness (QED) is 0.558. The molecule has 4 heterocycles. The second-order valence-electron chi connectivity index (χ2n) is 9.76. The van der Waals surface area contributed by atoms with Crippen molar-refractivity contribution in [2.75, 3.05) is 44.7 Å². The third-order valence-corrected chi connectivity index (χ3v) is 7.39. The number of piperidine rings is 2. The SMILES string of the molecule is Cn1ncc(-c2ccc3nnc(NC(=O)C4CCN(CCF)CC4)cc3c2)c1CN1CCCCC1. The first-order valence-electron chi connectivity index (χ1n) is 12.7. The fourth-order valence-corrected chi connectivity index (χ4v) is 5.26. The molecule has 1 aromatic carbocycles. The highest BCUT2D eigenvalue weighted by Crippen LogP contribution is 2.29. The largest absolute Gasteiger partial charge is 0.309 e. The molecule has 186 valence electrons. The van der Waals surface area contributed by atoms with Gasteiger partial charge in [-0.05, 0) is 75.6 Å². The first-order chi connectivity index (χ1) is 17.1. The van der Waals surface area contributed by atoms with Crippen molar-refractivity contribution >= 4 is 22.6 Å². The molecule has 5 rings (SSSR count). The van der Waals surface area contributed by atoms with Crippen molar-refractivity contribution < 1.29 is 9.18 Å². The number of carbonyl (C=O) groups excluding carboxylic acids is 1. The zero-order valence-electron chi connectivity index (χ0n) is 20.4. The molecule has 2 aromatic heterocycles. The number of nitrogens with zero attached hydrogens (tertiary/aromatic N) is 6. The summed E-state index contributed by atoms with van der Waals surface area (Å²) in [5.74, 6) is 0.346. The number of carbonyl (C=O) groups is 1. The maximum atomic E-state index is 12.8. The van der Waals surface area contributed by atoms with Gasteiger partial charge in [0.1, 0.15) is 6.67 Å². The number of aryl methyl sites for hydroxylation is 1. The van der Waals surface area contributed by atoms with Crippen LogP contribution in [-0.2, 0) is 18.4 Å². The Morgan fingerprint density at radius 3 is 2.63 bits per heavy atom. The molecule has 2 saturated heterocycles. The van der Waals surface area contributed by atoms with Gasteiger partial charge in [-0.3, -0.25) is 14.4 Å². The maximum absolute atomic E-state index is 12.8. The van der Waals surface area contributed by atoms with Gasteiger partial charge in [-0.15, -0.1) is 10.2 Å². The molecule has 0 atom stereocenters. The molecule has 9 heteroatoms. The van der Waals surface area contributed by atoms with Crippen molar-refractivity contribution in [1.82, 2.24) is 29.8 Å².